The van der Waals surface area contributed by atoms with E-state index in [1.54, 1.807) is 6.33 Å². The highest BCUT2D eigenvalue weighted by molar-refractivity contribution is 5.35. The number of anilines is 1. The van der Waals surface area contributed by atoms with Crippen LogP contribution in [0.1, 0.15) is 45.7 Å². The molecule has 5 nitrogen and oxygen atoms in total. The van der Waals surface area contributed by atoms with Crippen LogP contribution in [0, 0.1) is 0 Å². The highest BCUT2D eigenvalue weighted by atomic mass is 16.7. The van der Waals surface area contributed by atoms with Crippen molar-refractivity contribution in [1.29, 1.82) is 0 Å². The third-order valence-electron chi connectivity index (χ3n) is 2.96. The summed E-state index contributed by atoms with van der Waals surface area (Å²) in [5.74, 6) is 1.26. The van der Waals surface area contributed by atoms with Crippen LogP contribution in [0.15, 0.2) is 12.4 Å². The van der Waals surface area contributed by atoms with Gasteiger partial charge in [0.15, 0.2) is 6.29 Å². The minimum absolute atomic E-state index is 0.239. The molecule has 0 saturated heterocycles. The smallest absolute Gasteiger partial charge is 0.174 e. The number of nitrogens with zero attached hydrogens (tertiary/aromatic N) is 2. The molecule has 1 heterocycles. The van der Waals surface area contributed by atoms with Crippen LogP contribution in [0.25, 0.3) is 0 Å². The summed E-state index contributed by atoms with van der Waals surface area (Å²) in [6, 6.07) is 1.99. The number of hydrogen-bond acceptors (Lipinski definition) is 5. The zero-order valence-electron chi connectivity index (χ0n) is 12.3. The lowest BCUT2D eigenvalue weighted by Crippen LogP contribution is -2.26. The van der Waals surface area contributed by atoms with E-state index >= 15 is 0 Å². The highest BCUT2D eigenvalue weighted by Gasteiger charge is 2.09. The summed E-state index contributed by atoms with van der Waals surface area (Å²) in [5, 5.41) is 3.23. The fourth-order valence-corrected chi connectivity index (χ4v) is 1.67. The maximum atomic E-state index is 5.47. The summed E-state index contributed by atoms with van der Waals surface area (Å²) >= 11 is 0. The molecule has 0 aliphatic carbocycles. The van der Waals surface area contributed by atoms with Crippen molar-refractivity contribution >= 4 is 5.82 Å². The molecule has 1 N–H and O–H groups in total. The fourth-order valence-electron chi connectivity index (χ4n) is 1.67. The highest BCUT2D eigenvalue weighted by Crippen LogP contribution is 2.17. The lowest BCUT2D eigenvalue weighted by molar-refractivity contribution is -0.126. The Labute approximate surface area is 115 Å². The molecule has 108 valence electrons. The second kappa shape index (κ2) is 8.82. The summed E-state index contributed by atoms with van der Waals surface area (Å²) in [4.78, 5) is 8.51. The Morgan fingerprint density at radius 2 is 1.84 bits per heavy atom. The normalized spacial score (nSPS) is 12.7. The van der Waals surface area contributed by atoms with Crippen molar-refractivity contribution in [2.24, 2.45) is 0 Å². The summed E-state index contributed by atoms with van der Waals surface area (Å²) in [6.07, 6.45) is 2.42. The lowest BCUT2D eigenvalue weighted by Gasteiger charge is -2.18. The van der Waals surface area contributed by atoms with Crippen LogP contribution in [-0.4, -0.2) is 36.0 Å². The summed E-state index contributed by atoms with van der Waals surface area (Å²) < 4.78 is 10.9. The van der Waals surface area contributed by atoms with Crippen LogP contribution in [0.3, 0.4) is 0 Å². The SMILES string of the molecule is CCOC(CNc1cc(C(C)CC)ncn1)OCC. The van der Waals surface area contributed by atoms with Gasteiger partial charge in [-0.1, -0.05) is 13.8 Å². The Kier molecular flexibility index (Phi) is 7.36. The molecule has 1 aromatic heterocycles. The third-order valence-corrected chi connectivity index (χ3v) is 2.96. The van der Waals surface area contributed by atoms with E-state index in [2.05, 4.69) is 29.1 Å². The molecule has 0 fully saturated rings. The molecular weight excluding hydrogens is 242 g/mol. The quantitative estimate of drug-likeness (QED) is 0.697. The Morgan fingerprint density at radius 1 is 1.16 bits per heavy atom. The number of hydrogen-bond donors (Lipinski definition) is 1. The van der Waals surface area contributed by atoms with Crippen LogP contribution < -0.4 is 5.32 Å². The zero-order chi connectivity index (χ0) is 14.1. The standard InChI is InChI=1S/C14H25N3O2/c1-5-11(4)12-8-13(17-10-16-12)15-9-14(18-6-2)19-7-3/h8,10-11,14H,5-7,9H2,1-4H3,(H,15,16,17). The first-order valence-electron chi connectivity index (χ1n) is 7.00. The van der Waals surface area contributed by atoms with Gasteiger partial charge in [-0.15, -0.1) is 0 Å². The second-order valence-electron chi connectivity index (χ2n) is 4.36. The third kappa shape index (κ3) is 5.53. The molecule has 0 spiro atoms. The predicted molar refractivity (Wildman–Crippen MR) is 76.3 cm³/mol. The van der Waals surface area contributed by atoms with E-state index in [9.17, 15) is 0 Å². The van der Waals surface area contributed by atoms with Gasteiger partial charge < -0.3 is 14.8 Å². The molecule has 0 bridgehead atoms. The molecule has 1 atom stereocenters. The molecule has 0 aliphatic rings. The monoisotopic (exact) mass is 267 g/mol. The van der Waals surface area contributed by atoms with Gasteiger partial charge in [0, 0.05) is 25.0 Å². The Morgan fingerprint density at radius 3 is 2.42 bits per heavy atom. The average Bonchev–Trinajstić information content (AvgIpc) is 2.44. The summed E-state index contributed by atoms with van der Waals surface area (Å²) in [6.45, 7) is 10.1. The van der Waals surface area contributed by atoms with Crippen LogP contribution >= 0.6 is 0 Å². The van der Waals surface area contributed by atoms with E-state index in [1.807, 2.05) is 19.9 Å². The van der Waals surface area contributed by atoms with Crippen molar-refractivity contribution in [2.75, 3.05) is 25.1 Å². The predicted octanol–water partition coefficient (Wildman–Crippen LogP) is 2.80. The van der Waals surface area contributed by atoms with Gasteiger partial charge in [-0.2, -0.15) is 0 Å². The molecule has 1 unspecified atom stereocenters. The molecule has 1 rings (SSSR count). The maximum Gasteiger partial charge on any atom is 0.174 e. The molecule has 19 heavy (non-hydrogen) atoms. The minimum Gasteiger partial charge on any atom is -0.365 e. The number of aromatic nitrogens is 2. The second-order valence-corrected chi connectivity index (χ2v) is 4.36. The van der Waals surface area contributed by atoms with Gasteiger partial charge in [-0.3, -0.25) is 0 Å². The van der Waals surface area contributed by atoms with E-state index in [0.717, 1.165) is 17.9 Å². The molecular formula is C14H25N3O2. The van der Waals surface area contributed by atoms with Gasteiger partial charge in [0.05, 0.1) is 6.54 Å². The van der Waals surface area contributed by atoms with Crippen molar-refractivity contribution in [1.82, 2.24) is 9.97 Å². The minimum atomic E-state index is -0.239. The van der Waals surface area contributed by atoms with E-state index in [-0.39, 0.29) is 6.29 Å². The molecule has 0 aromatic carbocycles. The number of rotatable bonds is 9. The zero-order valence-corrected chi connectivity index (χ0v) is 12.3. The van der Waals surface area contributed by atoms with Crippen LogP contribution in [0.4, 0.5) is 5.82 Å². The summed E-state index contributed by atoms with van der Waals surface area (Å²) in [7, 11) is 0. The first kappa shape index (κ1) is 15.9. The topological polar surface area (TPSA) is 56.3 Å². The van der Waals surface area contributed by atoms with Gasteiger partial charge in [-0.25, -0.2) is 9.97 Å². The molecule has 1 aromatic rings. The molecule has 0 amide bonds. The van der Waals surface area contributed by atoms with E-state index in [0.29, 0.717) is 25.7 Å². The van der Waals surface area contributed by atoms with Crippen molar-refractivity contribution < 1.29 is 9.47 Å². The van der Waals surface area contributed by atoms with Gasteiger partial charge >= 0.3 is 0 Å². The van der Waals surface area contributed by atoms with Crippen LogP contribution in [0.2, 0.25) is 0 Å². The van der Waals surface area contributed by atoms with Crippen LogP contribution in [0.5, 0.6) is 0 Å². The first-order chi connectivity index (χ1) is 9.21. The van der Waals surface area contributed by atoms with Gasteiger partial charge in [0.25, 0.3) is 0 Å². The van der Waals surface area contributed by atoms with E-state index < -0.39 is 0 Å². The van der Waals surface area contributed by atoms with E-state index in [1.165, 1.54) is 0 Å². The van der Waals surface area contributed by atoms with Crippen molar-refractivity contribution in [2.45, 2.75) is 46.3 Å². The molecule has 0 radical (unpaired) electrons. The Bertz CT molecular complexity index is 354. The van der Waals surface area contributed by atoms with Gasteiger partial charge in [0.1, 0.15) is 12.1 Å². The van der Waals surface area contributed by atoms with Crippen LogP contribution in [-0.2, 0) is 9.47 Å². The number of ether oxygens (including phenoxy) is 2. The van der Waals surface area contributed by atoms with Gasteiger partial charge in [0.2, 0.25) is 0 Å². The van der Waals surface area contributed by atoms with Crippen molar-refractivity contribution in [3.8, 4) is 0 Å². The van der Waals surface area contributed by atoms with Gasteiger partial charge in [-0.05, 0) is 26.2 Å². The number of nitrogens with one attached hydrogen (secondary N) is 1. The molecule has 0 aliphatic heterocycles. The molecule has 0 saturated carbocycles. The Hall–Kier alpha value is -1.20. The largest absolute Gasteiger partial charge is 0.365 e. The Balaban J connectivity index is 2.56. The summed E-state index contributed by atoms with van der Waals surface area (Å²) in [5.41, 5.74) is 1.06. The maximum absolute atomic E-state index is 5.47. The van der Waals surface area contributed by atoms with Crippen molar-refractivity contribution in [3.05, 3.63) is 18.1 Å². The average molecular weight is 267 g/mol. The fraction of sp³-hybridized carbons (Fsp3) is 0.714. The molecule has 5 heteroatoms. The van der Waals surface area contributed by atoms with E-state index in [4.69, 9.17) is 9.47 Å². The lowest BCUT2D eigenvalue weighted by atomic mass is 10.1. The first-order valence-corrected chi connectivity index (χ1v) is 7.00. The van der Waals surface area contributed by atoms with Crippen molar-refractivity contribution in [3.63, 3.8) is 0 Å².